The van der Waals surface area contributed by atoms with E-state index >= 15 is 0 Å². The van der Waals surface area contributed by atoms with Crippen molar-refractivity contribution in [1.29, 1.82) is 0 Å². The van der Waals surface area contributed by atoms with E-state index < -0.39 is 0 Å². The van der Waals surface area contributed by atoms with Gasteiger partial charge in [0.1, 0.15) is 11.5 Å². The summed E-state index contributed by atoms with van der Waals surface area (Å²) in [4.78, 5) is 44.1. The zero-order valence-electron chi connectivity index (χ0n) is 24.2. The number of para-hydroxylation sites is 1. The van der Waals surface area contributed by atoms with E-state index in [1.807, 2.05) is 74.2 Å². The summed E-state index contributed by atoms with van der Waals surface area (Å²) >= 11 is 1.50. The van der Waals surface area contributed by atoms with Gasteiger partial charge in [-0.05, 0) is 82.5 Å². The Labute approximate surface area is 250 Å². The van der Waals surface area contributed by atoms with E-state index in [9.17, 15) is 14.4 Å². The number of thioether (sulfide) groups is 1. The minimum Gasteiger partial charge on any atom is -0.457 e. The fourth-order valence-corrected chi connectivity index (χ4v) is 7.77. The fraction of sp³-hybridized carbons (Fsp3) is 0.406. The molecule has 4 aliphatic rings. The van der Waals surface area contributed by atoms with Crippen LogP contribution in [0.2, 0.25) is 0 Å². The number of likely N-dealkylation sites (tertiary alicyclic amines) is 1. The zero-order chi connectivity index (χ0) is 29.4. The van der Waals surface area contributed by atoms with Crippen molar-refractivity contribution in [2.24, 2.45) is 5.92 Å². The molecule has 3 N–H and O–H groups in total. The van der Waals surface area contributed by atoms with Crippen LogP contribution in [0.1, 0.15) is 38.7 Å². The predicted octanol–water partition coefficient (Wildman–Crippen LogP) is 4.65. The van der Waals surface area contributed by atoms with E-state index in [1.54, 1.807) is 11.0 Å². The number of amides is 4. The molecule has 2 aromatic rings. The molecule has 0 bridgehead atoms. The van der Waals surface area contributed by atoms with Crippen molar-refractivity contribution in [1.82, 2.24) is 20.9 Å². The topological polar surface area (TPSA) is 103 Å². The Hall–Kier alpha value is -3.76. The largest absolute Gasteiger partial charge is 0.457 e. The quantitative estimate of drug-likeness (QED) is 0.425. The lowest BCUT2D eigenvalue weighted by Gasteiger charge is -2.46. The van der Waals surface area contributed by atoms with E-state index in [-0.39, 0.29) is 41.2 Å². The summed E-state index contributed by atoms with van der Waals surface area (Å²) in [5.74, 6) is 1.23. The molecule has 9 nitrogen and oxygen atoms in total. The molecule has 4 amide bonds. The first-order chi connectivity index (χ1) is 20.3. The van der Waals surface area contributed by atoms with Crippen LogP contribution in [0.15, 0.2) is 70.8 Å². The van der Waals surface area contributed by atoms with Crippen LogP contribution < -0.4 is 25.6 Å². The van der Waals surface area contributed by atoms with Crippen LogP contribution in [-0.2, 0) is 9.59 Å². The number of aryl methyl sites for hydroxylation is 1. The summed E-state index contributed by atoms with van der Waals surface area (Å²) in [6.45, 7) is 7.73. The van der Waals surface area contributed by atoms with Crippen molar-refractivity contribution in [3.05, 3.63) is 76.3 Å². The van der Waals surface area contributed by atoms with E-state index in [2.05, 4.69) is 16.0 Å². The van der Waals surface area contributed by atoms with E-state index in [4.69, 9.17) is 4.74 Å². The van der Waals surface area contributed by atoms with Crippen LogP contribution >= 0.6 is 11.8 Å². The van der Waals surface area contributed by atoms with Crippen LogP contribution in [0.3, 0.4) is 0 Å². The third kappa shape index (κ3) is 5.65. The highest BCUT2D eigenvalue weighted by atomic mass is 32.2. The lowest BCUT2D eigenvalue weighted by atomic mass is 9.86. The molecule has 42 heavy (non-hydrogen) atoms. The molecule has 0 radical (unpaired) electrons. The van der Waals surface area contributed by atoms with Crippen LogP contribution in [-0.4, -0.2) is 59.8 Å². The first kappa shape index (κ1) is 28.4. The van der Waals surface area contributed by atoms with E-state index in [0.717, 1.165) is 48.4 Å². The van der Waals surface area contributed by atoms with Crippen LogP contribution in [0, 0.1) is 12.8 Å². The van der Waals surface area contributed by atoms with Crippen LogP contribution in [0.5, 0.6) is 11.5 Å². The molecule has 4 aliphatic heterocycles. The minimum atomic E-state index is -0.226. The van der Waals surface area contributed by atoms with E-state index in [1.165, 1.54) is 11.8 Å². The zero-order valence-corrected chi connectivity index (χ0v) is 25.0. The molecule has 0 aromatic heterocycles. The van der Waals surface area contributed by atoms with Gasteiger partial charge in [-0.1, -0.05) is 35.5 Å². The van der Waals surface area contributed by atoms with Gasteiger partial charge in [-0.3, -0.25) is 14.5 Å². The number of rotatable bonds is 6. The van der Waals surface area contributed by atoms with Crippen molar-refractivity contribution in [3.63, 3.8) is 0 Å². The lowest BCUT2D eigenvalue weighted by Crippen LogP contribution is -2.62. The summed E-state index contributed by atoms with van der Waals surface area (Å²) in [5.41, 5.74) is 3.44. The molecule has 4 heterocycles. The minimum absolute atomic E-state index is 0.00862. The number of allylic oxidation sites excluding steroid dienone is 1. The molecule has 0 spiro atoms. The highest BCUT2D eigenvalue weighted by Crippen LogP contribution is 2.48. The number of urea groups is 1. The maximum atomic E-state index is 13.7. The number of nitrogens with one attached hydrogen (secondary N) is 3. The molecule has 6 rings (SSSR count). The summed E-state index contributed by atoms with van der Waals surface area (Å²) in [7, 11) is 0. The maximum absolute atomic E-state index is 13.7. The molecule has 3 unspecified atom stereocenters. The number of carbonyl (C=O) groups is 3. The lowest BCUT2D eigenvalue weighted by molar-refractivity contribution is -0.128. The number of hydrogen-bond donors (Lipinski definition) is 3. The second kappa shape index (κ2) is 11.9. The van der Waals surface area contributed by atoms with Gasteiger partial charge < -0.3 is 25.6 Å². The molecule has 3 fully saturated rings. The van der Waals surface area contributed by atoms with Gasteiger partial charge in [0.15, 0.2) is 0 Å². The first-order valence-electron chi connectivity index (χ1n) is 14.6. The average molecular weight is 588 g/mol. The summed E-state index contributed by atoms with van der Waals surface area (Å²) in [6.07, 6.45) is 4.07. The Kier molecular flexibility index (Phi) is 8.00. The third-order valence-electron chi connectivity index (χ3n) is 8.23. The van der Waals surface area contributed by atoms with Gasteiger partial charge in [-0.2, -0.15) is 0 Å². The molecular formula is C32H37N5O4S. The number of hydrogen-bond acceptors (Lipinski definition) is 6. The van der Waals surface area contributed by atoms with Crippen molar-refractivity contribution in [2.75, 3.05) is 24.5 Å². The van der Waals surface area contributed by atoms with Gasteiger partial charge in [0.25, 0.3) is 5.91 Å². The van der Waals surface area contributed by atoms with Crippen molar-refractivity contribution in [2.45, 2.75) is 57.5 Å². The van der Waals surface area contributed by atoms with Crippen molar-refractivity contribution < 1.29 is 19.1 Å². The smallest absolute Gasteiger partial charge is 0.326 e. The summed E-state index contributed by atoms with van der Waals surface area (Å²) in [6, 6.07) is 15.0. The van der Waals surface area contributed by atoms with Gasteiger partial charge >= 0.3 is 6.03 Å². The number of nitrogens with zero attached hydrogens (tertiary/aromatic N) is 2. The molecule has 4 atom stereocenters. The Morgan fingerprint density at radius 3 is 2.67 bits per heavy atom. The first-order valence-corrected chi connectivity index (χ1v) is 15.5. The molecule has 0 saturated carbocycles. The maximum Gasteiger partial charge on any atom is 0.326 e. The predicted molar refractivity (Wildman–Crippen MR) is 164 cm³/mol. The van der Waals surface area contributed by atoms with Gasteiger partial charge in [0, 0.05) is 42.5 Å². The van der Waals surface area contributed by atoms with Crippen molar-refractivity contribution >= 4 is 35.3 Å². The van der Waals surface area contributed by atoms with Gasteiger partial charge in [0.2, 0.25) is 5.91 Å². The molecule has 3 saturated heterocycles. The average Bonchev–Trinajstić information content (AvgIpc) is 3.34. The number of ether oxygens (including phenoxy) is 1. The third-order valence-corrected chi connectivity index (χ3v) is 9.59. The second-order valence-corrected chi connectivity index (χ2v) is 12.8. The molecule has 0 aliphatic carbocycles. The summed E-state index contributed by atoms with van der Waals surface area (Å²) < 4.78 is 6.01. The monoisotopic (exact) mass is 587 g/mol. The van der Waals surface area contributed by atoms with E-state index in [0.29, 0.717) is 29.4 Å². The number of anilines is 1. The Balaban J connectivity index is 1.20. The summed E-state index contributed by atoms with van der Waals surface area (Å²) in [5, 5.41) is 9.81. The highest BCUT2D eigenvalue weighted by Gasteiger charge is 2.52. The molecule has 10 heteroatoms. The standard InChI is InChI=1S/C32H37N5O4S/c1-19(2)16-26(38)36-15-7-8-21(18-36)34-30(39)29-28-27-25(13-14-33-31(27)42-29)37(32(40)35-28)24-12-11-23(17-20(24)3)41-22-9-5-4-6-10-22/h4-6,9-12,16-17,21,25,27,31,33H,7-8,13-15,18H2,1-3H3,(H,34,39)(H,35,40)/t21-,25?,27?,31?/m1/s1. The molecule has 220 valence electrons. The van der Waals surface area contributed by atoms with Crippen LogP contribution in [0.4, 0.5) is 10.5 Å². The Bertz CT molecular complexity index is 1450. The number of benzene rings is 2. The molecule has 2 aromatic carbocycles. The highest BCUT2D eigenvalue weighted by molar-refractivity contribution is 8.04. The van der Waals surface area contributed by atoms with Crippen molar-refractivity contribution in [3.8, 4) is 11.5 Å². The SMILES string of the molecule is CC(C)=CC(=O)N1CCC[C@@H](NC(=O)C2=C3NC(=O)N(c4ccc(Oc5ccccc5)cc4C)C4CCNC(S2)C34)C1. The normalized spacial score (nSPS) is 25.0. The number of carbonyl (C=O) groups excluding carboxylic acids is 3. The Morgan fingerprint density at radius 1 is 1.10 bits per heavy atom. The molecular weight excluding hydrogens is 550 g/mol. The fourth-order valence-electron chi connectivity index (χ4n) is 6.37. The van der Waals surface area contributed by atoms with Gasteiger partial charge in [-0.25, -0.2) is 4.79 Å². The van der Waals surface area contributed by atoms with Crippen LogP contribution in [0.25, 0.3) is 0 Å². The second-order valence-electron chi connectivity index (χ2n) is 11.6. The van der Waals surface area contributed by atoms with Gasteiger partial charge in [0.05, 0.1) is 16.3 Å². The number of piperidine rings is 2. The van der Waals surface area contributed by atoms with Gasteiger partial charge in [-0.15, -0.1) is 0 Å². The Morgan fingerprint density at radius 2 is 1.90 bits per heavy atom.